The molecule has 0 aromatic rings. The predicted octanol–water partition coefficient (Wildman–Crippen LogP) is 2.51. The van der Waals surface area contributed by atoms with Crippen LogP contribution in [0.4, 0.5) is 0 Å². The van der Waals surface area contributed by atoms with Crippen LogP contribution in [0.15, 0.2) is 0 Å². The lowest BCUT2D eigenvalue weighted by atomic mass is 10.1. The molecule has 0 bridgehead atoms. The Morgan fingerprint density at radius 1 is 1.44 bits per heavy atom. The molecule has 4 heteroatoms. The zero-order chi connectivity index (χ0) is 13.5. The minimum absolute atomic E-state index is 0.0911. The van der Waals surface area contributed by atoms with Gasteiger partial charge in [0.1, 0.15) is 6.04 Å². The van der Waals surface area contributed by atoms with Crippen LogP contribution >= 0.6 is 0 Å². The molecule has 0 aromatic carbocycles. The van der Waals surface area contributed by atoms with Gasteiger partial charge in [-0.05, 0) is 19.8 Å². The van der Waals surface area contributed by atoms with Crippen molar-refractivity contribution in [3.8, 4) is 0 Å². The zero-order valence-electron chi connectivity index (χ0n) is 11.8. The van der Waals surface area contributed by atoms with E-state index in [9.17, 15) is 9.59 Å². The second kappa shape index (κ2) is 7.39. The average Bonchev–Trinajstić information content (AvgIpc) is 2.75. The van der Waals surface area contributed by atoms with Crippen molar-refractivity contribution in [1.82, 2.24) is 4.90 Å². The van der Waals surface area contributed by atoms with E-state index in [1.165, 1.54) is 26.4 Å². The molecule has 0 N–H and O–H groups in total. The summed E-state index contributed by atoms with van der Waals surface area (Å²) in [5, 5.41) is 0. The van der Waals surface area contributed by atoms with Gasteiger partial charge in [0.25, 0.3) is 0 Å². The van der Waals surface area contributed by atoms with Gasteiger partial charge in [-0.1, -0.05) is 32.6 Å². The molecular formula is C14H25NO3. The number of likely N-dealkylation sites (tertiary alicyclic amines) is 1. The quantitative estimate of drug-likeness (QED) is 0.518. The molecule has 2 unspecified atom stereocenters. The third kappa shape index (κ3) is 3.72. The molecule has 1 heterocycles. The summed E-state index contributed by atoms with van der Waals surface area (Å²) in [6, 6.07) is -0.218. The highest BCUT2D eigenvalue weighted by Gasteiger charge is 2.39. The Balaban J connectivity index is 2.49. The van der Waals surface area contributed by atoms with Gasteiger partial charge in [0.05, 0.1) is 7.11 Å². The van der Waals surface area contributed by atoms with Crippen molar-refractivity contribution in [1.29, 1.82) is 0 Å². The summed E-state index contributed by atoms with van der Waals surface area (Å²) in [6.45, 7) is 4.21. The molecule has 0 spiro atoms. The molecule has 1 saturated heterocycles. The van der Waals surface area contributed by atoms with E-state index in [0.29, 0.717) is 12.8 Å². The van der Waals surface area contributed by atoms with Gasteiger partial charge >= 0.3 is 5.97 Å². The Bertz CT molecular complexity index is 291. The fourth-order valence-electron chi connectivity index (χ4n) is 2.63. The highest BCUT2D eigenvalue weighted by molar-refractivity contribution is 5.88. The number of nitrogens with zero attached hydrogens (tertiary/aromatic N) is 1. The van der Waals surface area contributed by atoms with Gasteiger partial charge in [-0.3, -0.25) is 4.79 Å². The Labute approximate surface area is 110 Å². The first-order valence-corrected chi connectivity index (χ1v) is 7.00. The number of ether oxygens (including phenoxy) is 1. The maximum atomic E-state index is 11.9. The van der Waals surface area contributed by atoms with Crippen molar-refractivity contribution in [3.05, 3.63) is 0 Å². The van der Waals surface area contributed by atoms with E-state index < -0.39 is 0 Å². The van der Waals surface area contributed by atoms with E-state index in [1.807, 2.05) is 6.92 Å². The van der Waals surface area contributed by atoms with Gasteiger partial charge in [-0.15, -0.1) is 0 Å². The topological polar surface area (TPSA) is 46.6 Å². The van der Waals surface area contributed by atoms with E-state index >= 15 is 0 Å². The van der Waals surface area contributed by atoms with Gasteiger partial charge in [0.2, 0.25) is 5.91 Å². The Hall–Kier alpha value is -1.06. The molecule has 1 rings (SSSR count). The van der Waals surface area contributed by atoms with Gasteiger partial charge in [-0.2, -0.15) is 0 Å². The zero-order valence-corrected chi connectivity index (χ0v) is 11.8. The molecular weight excluding hydrogens is 230 g/mol. The molecule has 1 aliphatic rings. The second-order valence-electron chi connectivity index (χ2n) is 5.08. The molecule has 1 amide bonds. The minimum Gasteiger partial charge on any atom is -0.467 e. The number of esters is 1. The summed E-state index contributed by atoms with van der Waals surface area (Å²) in [7, 11) is 1.38. The lowest BCUT2D eigenvalue weighted by molar-refractivity contribution is -0.150. The second-order valence-corrected chi connectivity index (χ2v) is 5.08. The van der Waals surface area contributed by atoms with Crippen LogP contribution in [-0.4, -0.2) is 36.0 Å². The van der Waals surface area contributed by atoms with E-state index in [0.717, 1.165) is 12.8 Å². The van der Waals surface area contributed by atoms with Crippen LogP contribution in [0.25, 0.3) is 0 Å². The van der Waals surface area contributed by atoms with Crippen molar-refractivity contribution in [2.24, 2.45) is 0 Å². The molecule has 0 radical (unpaired) electrons. The van der Waals surface area contributed by atoms with Crippen LogP contribution in [0.5, 0.6) is 0 Å². The summed E-state index contributed by atoms with van der Waals surface area (Å²) in [5.74, 6) is -0.186. The van der Waals surface area contributed by atoms with Crippen LogP contribution in [0, 0.1) is 0 Å². The van der Waals surface area contributed by atoms with Crippen LogP contribution in [0.2, 0.25) is 0 Å². The first-order chi connectivity index (χ1) is 8.61. The summed E-state index contributed by atoms with van der Waals surface area (Å²) in [5.41, 5.74) is 0. The Morgan fingerprint density at radius 3 is 2.78 bits per heavy atom. The summed E-state index contributed by atoms with van der Waals surface area (Å²) >= 11 is 0. The van der Waals surface area contributed by atoms with E-state index in [-0.39, 0.29) is 24.0 Å². The number of carbonyl (C=O) groups excluding carboxylic acids is 2. The standard InChI is InChI=1S/C14H25NO3/c1-4-5-6-7-8-11(2)15-12(14(17)18-3)9-10-13(15)16/h11-12H,4-10H2,1-3H3. The minimum atomic E-state index is -0.358. The summed E-state index contributed by atoms with van der Waals surface area (Å²) < 4.78 is 4.77. The van der Waals surface area contributed by atoms with Crippen LogP contribution in [-0.2, 0) is 14.3 Å². The molecule has 1 aliphatic heterocycles. The van der Waals surface area contributed by atoms with Crippen molar-refractivity contribution in [2.75, 3.05) is 7.11 Å². The predicted molar refractivity (Wildman–Crippen MR) is 70.1 cm³/mol. The van der Waals surface area contributed by atoms with Gasteiger partial charge in [0.15, 0.2) is 0 Å². The molecule has 1 fully saturated rings. The average molecular weight is 255 g/mol. The van der Waals surface area contributed by atoms with Gasteiger partial charge in [-0.25, -0.2) is 4.79 Å². The lowest BCUT2D eigenvalue weighted by Crippen LogP contribution is -2.44. The molecule has 0 saturated carbocycles. The number of rotatable bonds is 7. The highest BCUT2D eigenvalue weighted by atomic mass is 16.5. The third-order valence-electron chi connectivity index (χ3n) is 3.68. The SMILES string of the molecule is CCCCCCC(C)N1C(=O)CCC1C(=O)OC. The van der Waals surface area contributed by atoms with Crippen molar-refractivity contribution >= 4 is 11.9 Å². The summed E-state index contributed by atoms with van der Waals surface area (Å²) in [4.78, 5) is 25.2. The molecule has 2 atom stereocenters. The number of hydrogen-bond donors (Lipinski definition) is 0. The van der Waals surface area contributed by atoms with E-state index in [2.05, 4.69) is 6.92 Å². The maximum absolute atomic E-state index is 11.9. The maximum Gasteiger partial charge on any atom is 0.328 e. The van der Waals surface area contributed by atoms with Crippen molar-refractivity contribution in [3.63, 3.8) is 0 Å². The van der Waals surface area contributed by atoms with Crippen molar-refractivity contribution < 1.29 is 14.3 Å². The summed E-state index contributed by atoms with van der Waals surface area (Å²) in [6.07, 6.45) is 6.81. The van der Waals surface area contributed by atoms with Gasteiger partial charge < -0.3 is 9.64 Å². The number of amides is 1. The van der Waals surface area contributed by atoms with Crippen LogP contribution in [0.1, 0.15) is 58.8 Å². The van der Waals surface area contributed by atoms with Crippen LogP contribution in [0.3, 0.4) is 0 Å². The molecule has 104 valence electrons. The lowest BCUT2D eigenvalue weighted by Gasteiger charge is -2.29. The fraction of sp³-hybridized carbons (Fsp3) is 0.857. The molecule has 18 heavy (non-hydrogen) atoms. The molecule has 0 aliphatic carbocycles. The fourth-order valence-corrected chi connectivity index (χ4v) is 2.63. The number of unbranched alkanes of at least 4 members (excludes halogenated alkanes) is 3. The van der Waals surface area contributed by atoms with E-state index in [4.69, 9.17) is 4.74 Å². The largest absolute Gasteiger partial charge is 0.467 e. The molecule has 4 nitrogen and oxygen atoms in total. The Morgan fingerprint density at radius 2 is 2.17 bits per heavy atom. The number of carbonyl (C=O) groups is 2. The van der Waals surface area contributed by atoms with Crippen LogP contribution < -0.4 is 0 Å². The normalized spacial score (nSPS) is 21.2. The highest BCUT2D eigenvalue weighted by Crippen LogP contribution is 2.24. The molecule has 0 aromatic heterocycles. The number of methoxy groups -OCH3 is 1. The van der Waals surface area contributed by atoms with E-state index in [1.54, 1.807) is 4.90 Å². The Kier molecular flexibility index (Phi) is 6.16. The first-order valence-electron chi connectivity index (χ1n) is 7.00. The third-order valence-corrected chi connectivity index (χ3v) is 3.68. The number of hydrogen-bond acceptors (Lipinski definition) is 3. The van der Waals surface area contributed by atoms with Gasteiger partial charge in [0, 0.05) is 12.5 Å². The first kappa shape index (κ1) is 15.0. The smallest absolute Gasteiger partial charge is 0.328 e. The monoisotopic (exact) mass is 255 g/mol. The van der Waals surface area contributed by atoms with Crippen molar-refractivity contribution in [2.45, 2.75) is 70.9 Å².